The van der Waals surface area contributed by atoms with Gasteiger partial charge in [-0.05, 0) is 28.4 Å². The van der Waals surface area contributed by atoms with Crippen LogP contribution in [0.15, 0.2) is 121 Å². The molecule has 9 heteroatoms. The van der Waals surface area contributed by atoms with E-state index in [1.165, 1.54) is 4.90 Å². The molecule has 0 N–H and O–H groups in total. The Kier molecular flexibility index (Phi) is 10.2. The van der Waals surface area contributed by atoms with Crippen molar-refractivity contribution in [2.24, 2.45) is 0 Å². The zero-order valence-electron chi connectivity index (χ0n) is 24.2. The molecule has 4 aromatic carbocycles. The molecule has 7 nitrogen and oxygen atoms in total. The first-order valence-corrected chi connectivity index (χ1v) is 16.9. The summed E-state index contributed by atoms with van der Waals surface area (Å²) >= 11 is 0.869. The van der Waals surface area contributed by atoms with E-state index in [0.29, 0.717) is 0 Å². The van der Waals surface area contributed by atoms with Gasteiger partial charge in [-0.3, -0.25) is 19.3 Å². The van der Waals surface area contributed by atoms with Crippen molar-refractivity contribution in [3.63, 3.8) is 0 Å². The fraction of sp³-hybridized carbons (Fsp3) is 0.171. The Morgan fingerprint density at radius 1 is 0.750 bits per heavy atom. The first-order valence-electron chi connectivity index (χ1n) is 14.3. The van der Waals surface area contributed by atoms with Gasteiger partial charge >= 0.3 is 11.9 Å². The Balaban J connectivity index is 1.75. The quantitative estimate of drug-likeness (QED) is 0.104. The molecule has 1 heterocycles. The maximum Gasteiger partial charge on any atom is 0.356 e. The SMILES string of the molecule is CCOC(=O)CC(=O)S[C@@H]1CC(=O)N1C(C(=O)OCc1ccccc1)=P(c1ccccc1)(c1ccccc1)c1ccccc1. The van der Waals surface area contributed by atoms with Gasteiger partial charge in [0.25, 0.3) is 0 Å². The Labute approximate surface area is 261 Å². The van der Waals surface area contributed by atoms with Gasteiger partial charge in [0.05, 0.1) is 18.4 Å². The Morgan fingerprint density at radius 2 is 1.23 bits per heavy atom. The normalized spacial score (nSPS) is 14.3. The number of likely N-dealkylation sites (tertiary alicyclic amines) is 1. The summed E-state index contributed by atoms with van der Waals surface area (Å²) in [5.74, 6) is -1.58. The van der Waals surface area contributed by atoms with Gasteiger partial charge in [0.15, 0.2) is 0 Å². The van der Waals surface area contributed by atoms with Gasteiger partial charge in [-0.25, -0.2) is 4.79 Å². The molecule has 0 spiro atoms. The van der Waals surface area contributed by atoms with Crippen LogP contribution in [0.4, 0.5) is 0 Å². The second-order valence-corrected chi connectivity index (χ2v) is 14.5. The summed E-state index contributed by atoms with van der Waals surface area (Å²) in [4.78, 5) is 54.6. The number of esters is 2. The number of amides is 1. The van der Waals surface area contributed by atoms with E-state index < -0.39 is 35.7 Å². The van der Waals surface area contributed by atoms with Gasteiger partial charge in [-0.15, -0.1) is 0 Å². The van der Waals surface area contributed by atoms with Crippen molar-refractivity contribution in [1.29, 1.82) is 0 Å². The van der Waals surface area contributed by atoms with E-state index in [1.54, 1.807) is 6.92 Å². The molecule has 0 radical (unpaired) electrons. The van der Waals surface area contributed by atoms with E-state index in [-0.39, 0.29) is 31.0 Å². The minimum Gasteiger partial charge on any atom is -0.466 e. The summed E-state index contributed by atoms with van der Waals surface area (Å²) in [6.07, 6.45) is -0.395. The van der Waals surface area contributed by atoms with Gasteiger partial charge < -0.3 is 9.47 Å². The van der Waals surface area contributed by atoms with Crippen LogP contribution >= 0.6 is 18.6 Å². The van der Waals surface area contributed by atoms with Crippen molar-refractivity contribution in [3.05, 3.63) is 127 Å². The highest BCUT2D eigenvalue weighted by Crippen LogP contribution is 2.49. The van der Waals surface area contributed by atoms with Gasteiger partial charge in [-0.2, -0.15) is 0 Å². The number of β-lactam (4-membered cyclic amide) rings is 1. The third kappa shape index (κ3) is 6.57. The van der Waals surface area contributed by atoms with Crippen molar-refractivity contribution in [2.45, 2.75) is 31.7 Å². The molecule has 0 unspecified atom stereocenters. The highest BCUT2D eigenvalue weighted by molar-refractivity contribution is 8.14. The topological polar surface area (TPSA) is 90.0 Å². The number of thioether (sulfide) groups is 1. The maximum atomic E-state index is 14.6. The van der Waals surface area contributed by atoms with E-state index in [9.17, 15) is 19.2 Å². The Morgan fingerprint density at radius 3 is 1.68 bits per heavy atom. The van der Waals surface area contributed by atoms with Gasteiger partial charge in [-0.1, -0.05) is 133 Å². The lowest BCUT2D eigenvalue weighted by Gasteiger charge is -2.44. The van der Waals surface area contributed by atoms with E-state index in [1.807, 2.05) is 121 Å². The van der Waals surface area contributed by atoms with Crippen LogP contribution < -0.4 is 15.9 Å². The third-order valence-corrected chi connectivity index (χ3v) is 12.4. The molecular formula is C35H32NO6PS. The van der Waals surface area contributed by atoms with Crippen LogP contribution in [0, 0.1) is 0 Å². The number of rotatable bonds is 11. The molecule has 224 valence electrons. The highest BCUT2D eigenvalue weighted by atomic mass is 32.2. The lowest BCUT2D eigenvalue weighted by molar-refractivity contribution is -0.144. The van der Waals surface area contributed by atoms with E-state index in [4.69, 9.17) is 9.47 Å². The minimum atomic E-state index is -3.09. The highest BCUT2D eigenvalue weighted by Gasteiger charge is 2.48. The number of hydrogen-bond donors (Lipinski definition) is 0. The van der Waals surface area contributed by atoms with Crippen molar-refractivity contribution in [3.8, 4) is 0 Å². The molecule has 0 aliphatic carbocycles. The maximum absolute atomic E-state index is 14.6. The molecule has 44 heavy (non-hydrogen) atoms. The van der Waals surface area contributed by atoms with E-state index >= 15 is 0 Å². The van der Waals surface area contributed by atoms with Crippen LogP contribution in [-0.2, 0) is 35.3 Å². The molecule has 1 fully saturated rings. The molecule has 1 aliphatic rings. The number of benzene rings is 4. The molecule has 1 aliphatic heterocycles. The van der Waals surface area contributed by atoms with Gasteiger partial charge in [0.1, 0.15) is 18.4 Å². The van der Waals surface area contributed by atoms with Crippen molar-refractivity contribution < 1.29 is 28.7 Å². The summed E-state index contributed by atoms with van der Waals surface area (Å²) in [7, 11) is 0. The van der Waals surface area contributed by atoms with Crippen LogP contribution in [-0.4, -0.2) is 45.3 Å². The van der Waals surface area contributed by atoms with Crippen molar-refractivity contribution in [1.82, 2.24) is 4.90 Å². The Hall–Kier alpha value is -4.39. The number of hydrogen-bond acceptors (Lipinski definition) is 7. The number of carbonyl (C=O) groups excluding carboxylic acids is 4. The van der Waals surface area contributed by atoms with Crippen LogP contribution in [0.2, 0.25) is 0 Å². The zero-order chi connectivity index (χ0) is 30.9. The van der Waals surface area contributed by atoms with Crippen molar-refractivity contribution in [2.75, 3.05) is 6.61 Å². The first-order chi connectivity index (χ1) is 21.4. The summed E-state index contributed by atoms with van der Waals surface area (Å²) in [5.41, 5.74) is 0.989. The molecular weight excluding hydrogens is 593 g/mol. The minimum absolute atomic E-state index is 0.00315. The van der Waals surface area contributed by atoms with Gasteiger partial charge in [0, 0.05) is 6.89 Å². The molecule has 1 saturated heterocycles. The number of ether oxygens (including phenoxy) is 2. The summed E-state index contributed by atoms with van der Waals surface area (Å²) < 4.78 is 11.0. The first kappa shape index (κ1) is 31.0. The fourth-order valence-electron chi connectivity index (χ4n) is 5.21. The number of nitrogens with zero attached hydrogens (tertiary/aromatic N) is 1. The predicted octanol–water partition coefficient (Wildman–Crippen LogP) is 4.63. The van der Waals surface area contributed by atoms with E-state index in [2.05, 4.69) is 0 Å². The predicted molar refractivity (Wildman–Crippen MR) is 175 cm³/mol. The monoisotopic (exact) mass is 625 g/mol. The second kappa shape index (κ2) is 14.4. The van der Waals surface area contributed by atoms with Gasteiger partial charge in [0.2, 0.25) is 11.0 Å². The molecule has 1 atom stereocenters. The third-order valence-electron chi connectivity index (χ3n) is 7.14. The summed E-state index contributed by atoms with van der Waals surface area (Å²) in [6, 6.07) is 38.3. The largest absolute Gasteiger partial charge is 0.466 e. The van der Waals surface area contributed by atoms with Crippen LogP contribution in [0.3, 0.4) is 0 Å². The van der Waals surface area contributed by atoms with Crippen LogP contribution in [0.1, 0.15) is 25.3 Å². The molecule has 5 rings (SSSR count). The van der Waals surface area contributed by atoms with Crippen LogP contribution in [0.25, 0.3) is 0 Å². The van der Waals surface area contributed by atoms with Crippen molar-refractivity contribution >= 4 is 62.9 Å². The summed E-state index contributed by atoms with van der Waals surface area (Å²) in [5, 5.41) is 1.42. The average Bonchev–Trinajstić information content (AvgIpc) is 3.05. The zero-order valence-corrected chi connectivity index (χ0v) is 25.9. The summed E-state index contributed by atoms with van der Waals surface area (Å²) in [6.45, 7) is -1.25. The molecule has 0 saturated carbocycles. The lowest BCUT2D eigenvalue weighted by atomic mass is 10.2. The molecule has 0 bridgehead atoms. The Bertz CT molecular complexity index is 1580. The second-order valence-electron chi connectivity index (χ2n) is 9.96. The molecule has 0 aromatic heterocycles. The van der Waals surface area contributed by atoms with E-state index in [0.717, 1.165) is 33.2 Å². The number of carbonyl (C=O) groups is 4. The van der Waals surface area contributed by atoms with Crippen LogP contribution in [0.5, 0.6) is 0 Å². The average molecular weight is 626 g/mol. The standard InChI is InChI=1S/C35H32NO6PS/c1-2-41-32(38)24-33(39)44-31-23-30(37)36(31)34(35(40)42-25-26-15-7-3-8-16-26)43(27-17-9-4-10-18-27,28-19-11-5-12-20-28)29-21-13-6-14-22-29/h3-22,31H,2,23-25H2,1H3/t31-/m1/s1. The smallest absolute Gasteiger partial charge is 0.356 e. The lowest BCUT2D eigenvalue weighted by Crippen LogP contribution is -2.58. The molecule has 4 aromatic rings. The molecule has 1 amide bonds. The fourth-order valence-corrected chi connectivity index (χ4v) is 10.7.